The number of hydrogen-bond donors (Lipinski definition) is 3. The molecular formula is C45H51ClF7N9O3. The number of anilines is 5. The van der Waals surface area contributed by atoms with E-state index in [1.165, 1.54) is 44.2 Å². The number of fused-ring (bicyclic) bond motifs is 2. The van der Waals surface area contributed by atoms with Gasteiger partial charge in [0.1, 0.15) is 34.9 Å². The minimum absolute atomic E-state index is 0.185. The van der Waals surface area contributed by atoms with Gasteiger partial charge in [-0.3, -0.25) is 9.88 Å². The molecule has 6 heterocycles. The highest BCUT2D eigenvalue weighted by Gasteiger charge is 2.38. The van der Waals surface area contributed by atoms with E-state index in [2.05, 4.69) is 40.2 Å². The number of nitrogens with zero attached hydrogens (tertiary/aromatic N) is 7. The van der Waals surface area contributed by atoms with E-state index in [1.54, 1.807) is 6.20 Å². The topological polar surface area (TPSA) is 122 Å². The van der Waals surface area contributed by atoms with Gasteiger partial charge in [-0.25, -0.2) is 32.3 Å². The molecule has 65 heavy (non-hydrogen) atoms. The monoisotopic (exact) mass is 933 g/mol. The Morgan fingerprint density at radius 2 is 1.31 bits per heavy atom. The maximum atomic E-state index is 15.2. The van der Waals surface area contributed by atoms with E-state index >= 15 is 4.39 Å². The summed E-state index contributed by atoms with van der Waals surface area (Å²) in [7, 11) is 0. The number of carboxylic acids is 1. The Labute approximate surface area is 376 Å². The fourth-order valence-corrected chi connectivity index (χ4v) is 9.04. The standard InChI is InChI=1S/C29H36F2N6O.C14H14ClF2N3.C2HF3O2/c1-20-28(33-22-17-24(19-32-18-22)36-11-13-38-14-12-36)27-25(31)15-21(30)16-26(27)34-29(20)37-9-7-35(8-10-37)23-5-3-2-4-6-23;1-8-13(15)12-10(17)6-9(16)7-11(12)19-14(8)20-4-2-18-3-5-20;3-2(4,5)1(6)7/h15-19,23H,2-14H2,1H3,(H,33,34);6-7,18H,2-5H2,1H3;(H,6,7). The van der Waals surface area contributed by atoms with Crippen molar-refractivity contribution < 1.29 is 45.4 Å². The molecule has 0 bridgehead atoms. The molecule has 0 spiro atoms. The van der Waals surface area contributed by atoms with E-state index in [9.17, 15) is 26.3 Å². The number of piperazine rings is 2. The number of hydrogen-bond acceptors (Lipinski definition) is 11. The summed E-state index contributed by atoms with van der Waals surface area (Å²) in [6, 6.07) is 7.01. The lowest BCUT2D eigenvalue weighted by atomic mass is 9.94. The summed E-state index contributed by atoms with van der Waals surface area (Å²) >= 11 is 6.26. The minimum Gasteiger partial charge on any atom is -0.475 e. The maximum Gasteiger partial charge on any atom is 0.490 e. The fourth-order valence-electron chi connectivity index (χ4n) is 8.77. The Hall–Kier alpha value is -5.24. The molecule has 3 aromatic heterocycles. The molecule has 5 aromatic rings. The van der Waals surface area contributed by atoms with Crippen molar-refractivity contribution in [1.29, 1.82) is 0 Å². The lowest BCUT2D eigenvalue weighted by Gasteiger charge is -2.41. The van der Waals surface area contributed by atoms with E-state index in [0.29, 0.717) is 46.7 Å². The molecule has 350 valence electrons. The van der Waals surface area contributed by atoms with Gasteiger partial charge in [0.2, 0.25) is 0 Å². The summed E-state index contributed by atoms with van der Waals surface area (Å²) in [6.07, 6.45) is 5.06. The second-order valence-electron chi connectivity index (χ2n) is 16.4. The number of carbonyl (C=O) groups is 1. The lowest BCUT2D eigenvalue weighted by Crippen LogP contribution is -2.51. The highest BCUT2D eigenvalue weighted by atomic mass is 35.5. The van der Waals surface area contributed by atoms with Gasteiger partial charge in [0.05, 0.1) is 69.5 Å². The van der Waals surface area contributed by atoms with Crippen molar-refractivity contribution >= 4 is 68.1 Å². The number of aliphatic carboxylic acids is 1. The summed E-state index contributed by atoms with van der Waals surface area (Å²) in [5, 5.41) is 14.6. The van der Waals surface area contributed by atoms with Gasteiger partial charge < -0.3 is 35.2 Å². The second-order valence-corrected chi connectivity index (χ2v) is 16.8. The first-order chi connectivity index (χ1) is 31.1. The molecule has 12 nitrogen and oxygen atoms in total. The van der Waals surface area contributed by atoms with Gasteiger partial charge in [0.15, 0.2) is 0 Å². The number of pyridine rings is 3. The highest BCUT2D eigenvalue weighted by molar-refractivity contribution is 6.36. The Morgan fingerprint density at radius 1 is 0.754 bits per heavy atom. The third kappa shape index (κ3) is 11.4. The second kappa shape index (κ2) is 20.9. The van der Waals surface area contributed by atoms with Crippen LogP contribution in [-0.4, -0.2) is 122 Å². The molecule has 3 saturated heterocycles. The molecule has 0 amide bonds. The van der Waals surface area contributed by atoms with E-state index in [4.69, 9.17) is 31.2 Å². The molecule has 0 radical (unpaired) electrons. The van der Waals surface area contributed by atoms with Crippen molar-refractivity contribution in [2.75, 3.05) is 98.7 Å². The number of aromatic nitrogens is 3. The third-order valence-corrected chi connectivity index (χ3v) is 12.6. The van der Waals surface area contributed by atoms with Crippen molar-refractivity contribution in [3.8, 4) is 0 Å². The van der Waals surface area contributed by atoms with Gasteiger partial charge in [-0.05, 0) is 32.8 Å². The third-order valence-electron chi connectivity index (χ3n) is 12.1. The molecule has 3 N–H and O–H groups in total. The summed E-state index contributed by atoms with van der Waals surface area (Å²) in [5.41, 5.74) is 4.50. The maximum absolute atomic E-state index is 15.2. The SMILES string of the molecule is Cc1c(N2CCN(C3CCCCC3)CC2)nc2cc(F)cc(F)c2c1Nc1cncc(N2CCOCC2)c1.Cc1c(N2CCNCC2)nc2cc(F)cc(F)c2c1Cl.O=C(O)C(F)(F)F. The van der Waals surface area contributed by atoms with Crippen LogP contribution in [0.1, 0.15) is 43.2 Å². The zero-order chi connectivity index (χ0) is 46.4. The average molecular weight is 934 g/mol. The van der Waals surface area contributed by atoms with Crippen molar-refractivity contribution in [3.63, 3.8) is 0 Å². The molecule has 0 unspecified atom stereocenters. The molecule has 3 aliphatic heterocycles. The molecule has 1 aliphatic carbocycles. The van der Waals surface area contributed by atoms with Crippen LogP contribution in [0.5, 0.6) is 0 Å². The number of alkyl halides is 3. The Morgan fingerprint density at radius 3 is 1.91 bits per heavy atom. The van der Waals surface area contributed by atoms with Crippen LogP contribution in [0.3, 0.4) is 0 Å². The quantitative estimate of drug-likeness (QED) is 0.141. The van der Waals surface area contributed by atoms with Crippen molar-refractivity contribution in [2.45, 2.75) is 58.2 Å². The van der Waals surface area contributed by atoms with E-state index in [0.717, 1.165) is 106 Å². The van der Waals surface area contributed by atoms with Crippen LogP contribution >= 0.6 is 11.6 Å². The number of nitrogens with one attached hydrogen (secondary N) is 2. The van der Waals surface area contributed by atoms with Crippen molar-refractivity contribution in [3.05, 3.63) is 82.1 Å². The molecular weight excluding hydrogens is 883 g/mol. The van der Waals surface area contributed by atoms with Crippen LogP contribution < -0.4 is 25.3 Å². The first-order valence-corrected chi connectivity index (χ1v) is 22.0. The van der Waals surface area contributed by atoms with Crippen LogP contribution in [-0.2, 0) is 9.53 Å². The number of benzene rings is 2. The first-order valence-electron chi connectivity index (χ1n) is 21.6. The number of morpholine rings is 1. The van der Waals surface area contributed by atoms with Gasteiger partial charge in [0, 0.05) is 107 Å². The van der Waals surface area contributed by atoms with E-state index in [1.807, 2.05) is 26.1 Å². The first kappa shape index (κ1) is 47.7. The number of rotatable bonds is 6. The van der Waals surface area contributed by atoms with E-state index < -0.39 is 35.4 Å². The fraction of sp³-hybridized carbons (Fsp3) is 0.467. The summed E-state index contributed by atoms with van der Waals surface area (Å²) < 4.78 is 94.0. The Kier molecular flexibility index (Phi) is 15.4. The van der Waals surface area contributed by atoms with Crippen LogP contribution in [0.4, 0.5) is 59.4 Å². The predicted octanol–water partition coefficient (Wildman–Crippen LogP) is 8.77. The number of carboxylic acid groups (broad SMARTS) is 1. The number of halogens is 8. The van der Waals surface area contributed by atoms with Gasteiger partial charge in [-0.1, -0.05) is 30.9 Å². The lowest BCUT2D eigenvalue weighted by molar-refractivity contribution is -0.192. The van der Waals surface area contributed by atoms with Crippen LogP contribution in [0.2, 0.25) is 5.02 Å². The summed E-state index contributed by atoms with van der Waals surface area (Å²) in [5.74, 6) is -3.83. The largest absolute Gasteiger partial charge is 0.490 e. The molecule has 2 aromatic carbocycles. The predicted molar refractivity (Wildman–Crippen MR) is 238 cm³/mol. The van der Waals surface area contributed by atoms with Gasteiger partial charge in [-0.2, -0.15) is 13.2 Å². The van der Waals surface area contributed by atoms with E-state index in [-0.39, 0.29) is 10.9 Å². The average Bonchev–Trinajstić information content (AvgIpc) is 3.29. The molecule has 4 aliphatic rings. The molecule has 4 fully saturated rings. The highest BCUT2D eigenvalue weighted by Crippen LogP contribution is 2.38. The smallest absolute Gasteiger partial charge is 0.475 e. The minimum atomic E-state index is -5.08. The normalized spacial score (nSPS) is 17.7. The Bertz CT molecular complexity index is 2480. The van der Waals surface area contributed by atoms with Gasteiger partial charge >= 0.3 is 12.1 Å². The molecule has 20 heteroatoms. The van der Waals surface area contributed by atoms with Crippen LogP contribution in [0.15, 0.2) is 42.7 Å². The number of ether oxygens (including phenoxy) is 1. The zero-order valence-corrected chi connectivity index (χ0v) is 36.8. The van der Waals surface area contributed by atoms with Crippen molar-refractivity contribution in [1.82, 2.24) is 25.2 Å². The molecule has 9 rings (SSSR count). The van der Waals surface area contributed by atoms with Gasteiger partial charge in [0.25, 0.3) is 0 Å². The van der Waals surface area contributed by atoms with Crippen molar-refractivity contribution in [2.24, 2.45) is 0 Å². The molecule has 0 atom stereocenters. The van der Waals surface area contributed by atoms with Crippen LogP contribution in [0, 0.1) is 37.1 Å². The summed E-state index contributed by atoms with van der Waals surface area (Å²) in [6.45, 7) is 13.7. The summed E-state index contributed by atoms with van der Waals surface area (Å²) in [4.78, 5) is 31.7. The zero-order valence-electron chi connectivity index (χ0n) is 36.1. The van der Waals surface area contributed by atoms with Crippen LogP contribution in [0.25, 0.3) is 21.8 Å². The molecule has 1 saturated carbocycles. The van der Waals surface area contributed by atoms with Gasteiger partial charge in [-0.15, -0.1) is 0 Å². The Balaban J connectivity index is 0.000000194.